The lowest BCUT2D eigenvalue weighted by Crippen LogP contribution is -2.22. The van der Waals surface area contributed by atoms with E-state index in [1.54, 1.807) is 11.3 Å². The zero-order chi connectivity index (χ0) is 17.0. The fourth-order valence-electron chi connectivity index (χ4n) is 2.98. The summed E-state index contributed by atoms with van der Waals surface area (Å²) in [7, 11) is 0. The monoisotopic (exact) mass is 330 g/mol. The van der Waals surface area contributed by atoms with Gasteiger partial charge in [0.05, 0.1) is 0 Å². The number of hydrogen-bond acceptors (Lipinski definition) is 3. The highest BCUT2D eigenvalue weighted by atomic mass is 32.1. The second-order valence-corrected chi connectivity index (χ2v) is 6.32. The molecule has 0 aliphatic heterocycles. The van der Waals surface area contributed by atoms with Gasteiger partial charge in [-0.05, 0) is 58.0 Å². The average Bonchev–Trinajstić information content (AvgIpc) is 3.01. The Morgan fingerprint density at radius 1 is 1.04 bits per heavy atom. The van der Waals surface area contributed by atoms with Crippen LogP contribution in [0.1, 0.15) is 58.5 Å². The first-order valence-corrected chi connectivity index (χ1v) is 8.76. The number of amides is 2. The number of benzene rings is 1. The highest BCUT2D eigenvalue weighted by Gasteiger charge is 2.23. The standard InChI is InChI=1S/C18H22N2O2S/c1-3-5-12-14(11-7-8-23-10-11)9-15(17(19)21)13(6-4-2)16(12)18(20)22/h7-10H,3-6H2,1-2H3,(H2,19,21)(H2,20,22). The molecule has 0 bridgehead atoms. The molecule has 0 unspecified atom stereocenters. The largest absolute Gasteiger partial charge is 0.366 e. The van der Waals surface area contributed by atoms with Crippen molar-refractivity contribution in [3.05, 3.63) is 45.1 Å². The molecule has 0 saturated carbocycles. The van der Waals surface area contributed by atoms with Gasteiger partial charge >= 0.3 is 0 Å². The molecule has 0 spiro atoms. The number of carbonyl (C=O) groups is 2. The number of rotatable bonds is 7. The molecule has 1 heterocycles. The highest BCUT2D eigenvalue weighted by molar-refractivity contribution is 7.08. The minimum atomic E-state index is -0.518. The maximum absolute atomic E-state index is 12.2. The van der Waals surface area contributed by atoms with Crippen LogP contribution in [0.3, 0.4) is 0 Å². The Morgan fingerprint density at radius 3 is 2.17 bits per heavy atom. The van der Waals surface area contributed by atoms with Crippen LogP contribution < -0.4 is 11.5 Å². The van der Waals surface area contributed by atoms with Crippen LogP contribution in [-0.4, -0.2) is 11.8 Å². The third kappa shape index (κ3) is 3.45. The van der Waals surface area contributed by atoms with Crippen LogP contribution in [0.25, 0.3) is 11.1 Å². The lowest BCUT2D eigenvalue weighted by atomic mass is 9.85. The van der Waals surface area contributed by atoms with E-state index < -0.39 is 11.8 Å². The topological polar surface area (TPSA) is 86.2 Å². The number of primary amides is 2. The maximum Gasteiger partial charge on any atom is 0.249 e. The van der Waals surface area contributed by atoms with Gasteiger partial charge in [-0.25, -0.2) is 0 Å². The average molecular weight is 330 g/mol. The predicted molar refractivity (Wildman–Crippen MR) is 94.8 cm³/mol. The van der Waals surface area contributed by atoms with Crippen molar-refractivity contribution < 1.29 is 9.59 Å². The Labute approximate surface area is 140 Å². The molecule has 0 saturated heterocycles. The van der Waals surface area contributed by atoms with Crippen molar-refractivity contribution in [1.82, 2.24) is 0 Å². The summed E-state index contributed by atoms with van der Waals surface area (Å²) in [4.78, 5) is 24.1. The molecule has 0 fully saturated rings. The Bertz CT molecular complexity index is 721. The van der Waals surface area contributed by atoms with E-state index in [0.29, 0.717) is 23.1 Å². The number of carbonyl (C=O) groups excluding carboxylic acids is 2. The van der Waals surface area contributed by atoms with Gasteiger partial charge in [-0.15, -0.1) is 0 Å². The summed E-state index contributed by atoms with van der Waals surface area (Å²) in [5, 5.41) is 3.97. The van der Waals surface area contributed by atoms with Crippen LogP contribution in [0.5, 0.6) is 0 Å². The van der Waals surface area contributed by atoms with Crippen LogP contribution in [0.4, 0.5) is 0 Å². The molecule has 2 amide bonds. The molecule has 4 N–H and O–H groups in total. The van der Waals surface area contributed by atoms with E-state index in [9.17, 15) is 9.59 Å². The molecule has 23 heavy (non-hydrogen) atoms. The molecule has 0 aliphatic rings. The van der Waals surface area contributed by atoms with Gasteiger partial charge in [-0.3, -0.25) is 9.59 Å². The first kappa shape index (κ1) is 17.2. The van der Waals surface area contributed by atoms with Crippen molar-refractivity contribution >= 4 is 23.2 Å². The van der Waals surface area contributed by atoms with Gasteiger partial charge < -0.3 is 11.5 Å². The summed E-state index contributed by atoms with van der Waals surface area (Å²) >= 11 is 1.57. The molecular weight excluding hydrogens is 308 g/mol. The molecule has 0 aliphatic carbocycles. The molecule has 2 rings (SSSR count). The van der Waals surface area contributed by atoms with Gasteiger partial charge in [0.1, 0.15) is 0 Å². The smallest absolute Gasteiger partial charge is 0.249 e. The third-order valence-corrected chi connectivity index (χ3v) is 4.57. The van der Waals surface area contributed by atoms with E-state index in [1.807, 2.05) is 29.8 Å². The van der Waals surface area contributed by atoms with Crippen LogP contribution in [0.15, 0.2) is 22.9 Å². The normalized spacial score (nSPS) is 10.7. The number of nitrogens with two attached hydrogens (primary N) is 2. The zero-order valence-electron chi connectivity index (χ0n) is 13.5. The zero-order valence-corrected chi connectivity index (χ0v) is 14.3. The van der Waals surface area contributed by atoms with Crippen LogP contribution >= 0.6 is 11.3 Å². The van der Waals surface area contributed by atoms with Crippen molar-refractivity contribution in [2.45, 2.75) is 39.5 Å². The molecule has 5 heteroatoms. The lowest BCUT2D eigenvalue weighted by Gasteiger charge is -2.19. The summed E-state index contributed by atoms with van der Waals surface area (Å²) in [5.74, 6) is -1.01. The van der Waals surface area contributed by atoms with Gasteiger partial charge in [0.2, 0.25) is 11.8 Å². The minimum Gasteiger partial charge on any atom is -0.366 e. The second-order valence-electron chi connectivity index (χ2n) is 5.54. The molecular formula is C18H22N2O2S. The fraction of sp³-hybridized carbons (Fsp3) is 0.333. The molecule has 0 radical (unpaired) electrons. The Hall–Kier alpha value is -2.14. The van der Waals surface area contributed by atoms with Crippen LogP contribution in [0, 0.1) is 0 Å². The lowest BCUT2D eigenvalue weighted by molar-refractivity contribution is 0.0998. The Morgan fingerprint density at radius 2 is 1.70 bits per heavy atom. The maximum atomic E-state index is 12.2. The van der Waals surface area contributed by atoms with Crippen molar-refractivity contribution in [3.63, 3.8) is 0 Å². The van der Waals surface area contributed by atoms with Gasteiger partial charge in [0.25, 0.3) is 0 Å². The van der Waals surface area contributed by atoms with Crippen LogP contribution in [-0.2, 0) is 12.8 Å². The summed E-state index contributed by atoms with van der Waals surface area (Å²) in [6.45, 7) is 4.06. The number of thiophene rings is 1. The Balaban J connectivity index is 2.86. The van der Waals surface area contributed by atoms with E-state index in [1.165, 1.54) is 0 Å². The SMILES string of the molecule is CCCc1c(C(N)=O)cc(-c2ccsc2)c(CCC)c1C(N)=O. The summed E-state index contributed by atoms with van der Waals surface area (Å²) in [6.07, 6.45) is 3.04. The van der Waals surface area contributed by atoms with E-state index in [4.69, 9.17) is 11.5 Å². The van der Waals surface area contributed by atoms with Crippen molar-refractivity contribution in [3.8, 4) is 11.1 Å². The highest BCUT2D eigenvalue weighted by Crippen LogP contribution is 2.34. The molecule has 1 aromatic carbocycles. The van der Waals surface area contributed by atoms with Gasteiger partial charge in [0.15, 0.2) is 0 Å². The van der Waals surface area contributed by atoms with E-state index >= 15 is 0 Å². The fourth-order valence-corrected chi connectivity index (χ4v) is 3.64. The van der Waals surface area contributed by atoms with Gasteiger partial charge in [-0.2, -0.15) is 11.3 Å². The Kier molecular flexibility index (Phi) is 5.55. The molecule has 2 aromatic rings. The van der Waals surface area contributed by atoms with Gasteiger partial charge in [0, 0.05) is 11.1 Å². The molecule has 122 valence electrons. The summed E-state index contributed by atoms with van der Waals surface area (Å²) in [5.41, 5.74) is 15.6. The minimum absolute atomic E-state index is 0.404. The van der Waals surface area contributed by atoms with Crippen molar-refractivity contribution in [2.24, 2.45) is 11.5 Å². The first-order valence-electron chi connectivity index (χ1n) is 7.82. The van der Waals surface area contributed by atoms with E-state index in [0.717, 1.165) is 36.0 Å². The first-order chi connectivity index (χ1) is 11.0. The summed E-state index contributed by atoms with van der Waals surface area (Å²) in [6, 6.07) is 3.81. The van der Waals surface area contributed by atoms with E-state index in [-0.39, 0.29) is 0 Å². The van der Waals surface area contributed by atoms with Crippen molar-refractivity contribution in [1.29, 1.82) is 0 Å². The van der Waals surface area contributed by atoms with Crippen molar-refractivity contribution in [2.75, 3.05) is 0 Å². The second kappa shape index (κ2) is 7.42. The predicted octanol–water partition coefficient (Wildman–Crippen LogP) is 3.52. The van der Waals surface area contributed by atoms with Gasteiger partial charge in [-0.1, -0.05) is 26.7 Å². The quantitative estimate of drug-likeness (QED) is 0.814. The third-order valence-electron chi connectivity index (χ3n) is 3.89. The molecule has 1 aromatic heterocycles. The molecule has 0 atom stereocenters. The summed E-state index contributed by atoms with van der Waals surface area (Å²) < 4.78 is 0. The van der Waals surface area contributed by atoms with E-state index in [2.05, 4.69) is 6.92 Å². The van der Waals surface area contributed by atoms with Crippen LogP contribution in [0.2, 0.25) is 0 Å². The molecule has 4 nitrogen and oxygen atoms in total. The number of hydrogen-bond donors (Lipinski definition) is 2.